The van der Waals surface area contributed by atoms with E-state index in [4.69, 9.17) is 5.73 Å². The van der Waals surface area contributed by atoms with E-state index in [9.17, 15) is 18.4 Å². The molecule has 1 aliphatic heterocycles. The molecule has 0 spiro atoms. The van der Waals surface area contributed by atoms with Crippen molar-refractivity contribution in [1.29, 1.82) is 0 Å². The quantitative estimate of drug-likeness (QED) is 0.869. The van der Waals surface area contributed by atoms with Gasteiger partial charge >= 0.3 is 0 Å². The SMILES string of the molecule is Cc1ccc(NC(=O)C2CCN(CC(F)F)CC2)cc1C(N)=O. The van der Waals surface area contributed by atoms with Gasteiger partial charge in [-0.3, -0.25) is 14.5 Å². The zero-order valence-electron chi connectivity index (χ0n) is 13.0. The molecule has 1 fully saturated rings. The number of piperidine rings is 1. The van der Waals surface area contributed by atoms with Gasteiger partial charge in [-0.25, -0.2) is 8.78 Å². The van der Waals surface area contributed by atoms with Gasteiger partial charge in [0.1, 0.15) is 0 Å². The number of halogens is 2. The van der Waals surface area contributed by atoms with Crippen LogP contribution in [0, 0.1) is 12.8 Å². The maximum absolute atomic E-state index is 12.3. The number of nitrogens with one attached hydrogen (secondary N) is 1. The Morgan fingerprint density at radius 2 is 2.00 bits per heavy atom. The maximum Gasteiger partial charge on any atom is 0.251 e. The third-order valence-electron chi connectivity index (χ3n) is 4.13. The number of alkyl halides is 2. The highest BCUT2D eigenvalue weighted by Gasteiger charge is 2.26. The number of aryl methyl sites for hydroxylation is 1. The predicted molar refractivity (Wildman–Crippen MR) is 83.5 cm³/mol. The summed E-state index contributed by atoms with van der Waals surface area (Å²) in [5.41, 5.74) is 6.93. The number of carbonyl (C=O) groups is 2. The van der Waals surface area contributed by atoms with Gasteiger partial charge in [0, 0.05) is 17.2 Å². The molecule has 7 heteroatoms. The molecule has 1 aliphatic rings. The summed E-state index contributed by atoms with van der Waals surface area (Å²) in [6, 6.07) is 4.99. The summed E-state index contributed by atoms with van der Waals surface area (Å²) in [4.78, 5) is 25.3. The van der Waals surface area contributed by atoms with Crippen LogP contribution in [0.3, 0.4) is 0 Å². The van der Waals surface area contributed by atoms with Crippen LogP contribution >= 0.6 is 0 Å². The third kappa shape index (κ3) is 4.72. The monoisotopic (exact) mass is 325 g/mol. The Hall–Kier alpha value is -2.02. The summed E-state index contributed by atoms with van der Waals surface area (Å²) >= 11 is 0. The largest absolute Gasteiger partial charge is 0.366 e. The average molecular weight is 325 g/mol. The summed E-state index contributed by atoms with van der Waals surface area (Å²) in [5, 5.41) is 2.78. The van der Waals surface area contributed by atoms with Gasteiger partial charge in [0.15, 0.2) is 0 Å². The van der Waals surface area contributed by atoms with E-state index in [-0.39, 0.29) is 18.4 Å². The van der Waals surface area contributed by atoms with Gasteiger partial charge in [0.25, 0.3) is 6.43 Å². The first-order valence-corrected chi connectivity index (χ1v) is 7.58. The van der Waals surface area contributed by atoms with Crippen molar-refractivity contribution in [3.05, 3.63) is 29.3 Å². The fourth-order valence-corrected chi connectivity index (χ4v) is 2.78. The number of nitrogens with zero attached hydrogens (tertiary/aromatic N) is 1. The minimum absolute atomic E-state index is 0.152. The van der Waals surface area contributed by atoms with Gasteiger partial charge in [-0.1, -0.05) is 6.07 Å². The number of rotatable bonds is 5. The summed E-state index contributed by atoms with van der Waals surface area (Å²) in [5.74, 6) is -0.901. The van der Waals surface area contributed by atoms with Gasteiger partial charge < -0.3 is 11.1 Å². The minimum atomic E-state index is -2.35. The molecule has 1 aromatic rings. The molecule has 0 bridgehead atoms. The smallest absolute Gasteiger partial charge is 0.251 e. The van der Waals surface area contributed by atoms with E-state index >= 15 is 0 Å². The number of carbonyl (C=O) groups excluding carboxylic acids is 2. The number of primary amides is 1. The molecule has 1 heterocycles. The molecule has 0 saturated carbocycles. The first kappa shape index (κ1) is 17.3. The molecule has 0 aliphatic carbocycles. The third-order valence-corrected chi connectivity index (χ3v) is 4.13. The molecular formula is C16H21F2N3O2. The van der Waals surface area contributed by atoms with E-state index in [0.29, 0.717) is 37.2 Å². The molecule has 2 rings (SSSR count). The minimum Gasteiger partial charge on any atom is -0.366 e. The van der Waals surface area contributed by atoms with E-state index in [1.54, 1.807) is 30.0 Å². The van der Waals surface area contributed by atoms with Crippen LogP contribution in [-0.2, 0) is 4.79 Å². The van der Waals surface area contributed by atoms with Gasteiger partial charge in [-0.2, -0.15) is 0 Å². The Bertz CT molecular complexity index is 585. The van der Waals surface area contributed by atoms with Crippen molar-refractivity contribution < 1.29 is 18.4 Å². The van der Waals surface area contributed by atoms with Gasteiger partial charge in [0.05, 0.1) is 6.54 Å². The second-order valence-electron chi connectivity index (χ2n) is 5.85. The number of hydrogen-bond donors (Lipinski definition) is 2. The summed E-state index contributed by atoms with van der Waals surface area (Å²) in [6.45, 7) is 2.50. The highest BCUT2D eigenvalue weighted by molar-refractivity contribution is 5.97. The molecule has 2 amide bonds. The maximum atomic E-state index is 12.3. The van der Waals surface area contributed by atoms with Crippen LogP contribution in [0.4, 0.5) is 14.5 Å². The summed E-state index contributed by atoms with van der Waals surface area (Å²) in [6.07, 6.45) is -1.25. The molecule has 1 saturated heterocycles. The van der Waals surface area contributed by atoms with Crippen LogP contribution in [0.5, 0.6) is 0 Å². The van der Waals surface area contributed by atoms with Crippen LogP contribution in [0.1, 0.15) is 28.8 Å². The van der Waals surface area contributed by atoms with E-state index in [0.717, 1.165) is 5.56 Å². The average Bonchev–Trinajstić information content (AvgIpc) is 2.49. The normalized spacial score (nSPS) is 16.5. The Balaban J connectivity index is 1.93. The van der Waals surface area contributed by atoms with Crippen molar-refractivity contribution in [2.45, 2.75) is 26.2 Å². The Morgan fingerprint density at radius 3 is 2.57 bits per heavy atom. The van der Waals surface area contributed by atoms with Crippen LogP contribution in [0.2, 0.25) is 0 Å². The Labute approximate surface area is 133 Å². The number of benzene rings is 1. The molecule has 0 radical (unpaired) electrons. The number of nitrogens with two attached hydrogens (primary N) is 1. The summed E-state index contributed by atoms with van der Waals surface area (Å²) < 4.78 is 24.7. The van der Waals surface area contributed by atoms with E-state index in [1.807, 2.05) is 0 Å². The molecular weight excluding hydrogens is 304 g/mol. The first-order chi connectivity index (χ1) is 10.9. The lowest BCUT2D eigenvalue weighted by Gasteiger charge is -2.30. The zero-order valence-corrected chi connectivity index (χ0v) is 13.0. The van der Waals surface area contributed by atoms with Gasteiger partial charge in [-0.05, 0) is 50.6 Å². The van der Waals surface area contributed by atoms with Crippen molar-refractivity contribution in [3.63, 3.8) is 0 Å². The summed E-state index contributed by atoms with van der Waals surface area (Å²) in [7, 11) is 0. The van der Waals surface area contributed by atoms with Gasteiger partial charge in [-0.15, -0.1) is 0 Å². The fourth-order valence-electron chi connectivity index (χ4n) is 2.78. The number of amides is 2. The first-order valence-electron chi connectivity index (χ1n) is 7.58. The molecule has 23 heavy (non-hydrogen) atoms. The van der Waals surface area contributed by atoms with Crippen molar-refractivity contribution >= 4 is 17.5 Å². The van der Waals surface area contributed by atoms with Gasteiger partial charge in [0.2, 0.25) is 11.8 Å². The topological polar surface area (TPSA) is 75.4 Å². The highest BCUT2D eigenvalue weighted by atomic mass is 19.3. The second kappa shape index (κ2) is 7.50. The Morgan fingerprint density at radius 1 is 1.35 bits per heavy atom. The molecule has 5 nitrogen and oxygen atoms in total. The van der Waals surface area contributed by atoms with Crippen molar-refractivity contribution in [2.75, 3.05) is 25.0 Å². The lowest BCUT2D eigenvalue weighted by atomic mass is 9.95. The van der Waals surface area contributed by atoms with Crippen molar-refractivity contribution in [3.8, 4) is 0 Å². The number of likely N-dealkylation sites (tertiary alicyclic amines) is 1. The fraction of sp³-hybridized carbons (Fsp3) is 0.500. The Kier molecular flexibility index (Phi) is 5.65. The predicted octanol–water partition coefficient (Wildman–Crippen LogP) is 2.01. The van der Waals surface area contributed by atoms with E-state index in [2.05, 4.69) is 5.32 Å². The molecule has 0 unspecified atom stereocenters. The number of anilines is 1. The van der Waals surface area contributed by atoms with Crippen LogP contribution in [0.25, 0.3) is 0 Å². The zero-order chi connectivity index (χ0) is 17.0. The molecule has 126 valence electrons. The molecule has 1 aromatic carbocycles. The van der Waals surface area contributed by atoms with Crippen LogP contribution in [-0.4, -0.2) is 42.8 Å². The second-order valence-corrected chi connectivity index (χ2v) is 5.85. The lowest BCUT2D eigenvalue weighted by molar-refractivity contribution is -0.121. The molecule has 3 N–H and O–H groups in total. The van der Waals surface area contributed by atoms with Crippen LogP contribution < -0.4 is 11.1 Å². The standard InChI is InChI=1S/C16H21F2N3O2/c1-10-2-3-12(8-13(10)15(19)22)20-16(23)11-4-6-21(7-5-11)9-14(17)18/h2-3,8,11,14H,4-7,9H2,1H3,(H2,19,22)(H,20,23). The van der Waals surface area contributed by atoms with Crippen molar-refractivity contribution in [1.82, 2.24) is 4.90 Å². The molecule has 0 atom stereocenters. The van der Waals surface area contributed by atoms with E-state index in [1.165, 1.54) is 0 Å². The lowest BCUT2D eigenvalue weighted by Crippen LogP contribution is -2.40. The van der Waals surface area contributed by atoms with E-state index < -0.39 is 12.3 Å². The molecule has 0 aromatic heterocycles. The van der Waals surface area contributed by atoms with Crippen molar-refractivity contribution in [2.24, 2.45) is 11.7 Å². The van der Waals surface area contributed by atoms with Crippen LogP contribution in [0.15, 0.2) is 18.2 Å². The highest BCUT2D eigenvalue weighted by Crippen LogP contribution is 2.21. The number of hydrogen-bond acceptors (Lipinski definition) is 3.